The number of piperidine rings is 1. The second-order valence-corrected chi connectivity index (χ2v) is 6.08. The summed E-state index contributed by atoms with van der Waals surface area (Å²) in [4.78, 5) is 5.10. The summed E-state index contributed by atoms with van der Waals surface area (Å²) >= 11 is 0. The number of nitrogens with zero attached hydrogens (tertiary/aromatic N) is 2. The van der Waals surface area contributed by atoms with E-state index in [-0.39, 0.29) is 0 Å². The Morgan fingerprint density at radius 3 is 2.68 bits per heavy atom. The quantitative estimate of drug-likeness (QED) is 0.699. The molecule has 0 saturated carbocycles. The van der Waals surface area contributed by atoms with Crippen molar-refractivity contribution in [3.05, 3.63) is 0 Å². The molecule has 1 atom stereocenters. The lowest BCUT2D eigenvalue weighted by Gasteiger charge is -2.36. The van der Waals surface area contributed by atoms with Gasteiger partial charge in [0.05, 0.1) is 6.61 Å². The maximum absolute atomic E-state index is 5.40. The van der Waals surface area contributed by atoms with Gasteiger partial charge in [0.25, 0.3) is 0 Å². The van der Waals surface area contributed by atoms with Gasteiger partial charge >= 0.3 is 0 Å². The summed E-state index contributed by atoms with van der Waals surface area (Å²) in [5, 5.41) is 3.59. The fraction of sp³-hybridized carbons (Fsp3) is 1.00. The third-order valence-electron chi connectivity index (χ3n) is 4.73. The SMILES string of the molecule is CCN1CCC(N(C)CCNCC2CCOC2)CC1. The zero-order valence-electron chi connectivity index (χ0n) is 12.7. The van der Waals surface area contributed by atoms with Crippen LogP contribution in [0.4, 0.5) is 0 Å². The van der Waals surface area contributed by atoms with Gasteiger partial charge in [-0.05, 0) is 51.9 Å². The number of nitrogens with one attached hydrogen (secondary N) is 1. The molecule has 0 spiro atoms. The highest BCUT2D eigenvalue weighted by Gasteiger charge is 2.21. The molecule has 2 heterocycles. The van der Waals surface area contributed by atoms with Crippen LogP contribution >= 0.6 is 0 Å². The number of likely N-dealkylation sites (tertiary alicyclic amines) is 1. The van der Waals surface area contributed by atoms with Crippen LogP contribution in [-0.2, 0) is 4.74 Å². The average Bonchev–Trinajstić information content (AvgIpc) is 2.96. The van der Waals surface area contributed by atoms with Crippen LogP contribution in [0.1, 0.15) is 26.2 Å². The minimum atomic E-state index is 0.748. The van der Waals surface area contributed by atoms with Gasteiger partial charge in [-0.2, -0.15) is 0 Å². The maximum atomic E-state index is 5.40. The number of rotatable bonds is 7. The molecule has 0 aromatic rings. The summed E-state index contributed by atoms with van der Waals surface area (Å²) in [5.41, 5.74) is 0. The van der Waals surface area contributed by atoms with E-state index in [1.54, 1.807) is 0 Å². The molecule has 2 aliphatic heterocycles. The topological polar surface area (TPSA) is 27.7 Å². The fourth-order valence-corrected chi connectivity index (χ4v) is 3.16. The Morgan fingerprint density at radius 1 is 1.26 bits per heavy atom. The Morgan fingerprint density at radius 2 is 2.05 bits per heavy atom. The summed E-state index contributed by atoms with van der Waals surface area (Å²) in [5.74, 6) is 0.748. The molecule has 2 saturated heterocycles. The van der Waals surface area contributed by atoms with Gasteiger partial charge in [-0.1, -0.05) is 6.92 Å². The van der Waals surface area contributed by atoms with E-state index < -0.39 is 0 Å². The molecule has 1 N–H and O–H groups in total. The summed E-state index contributed by atoms with van der Waals surface area (Å²) in [6, 6.07) is 0.791. The number of hydrogen-bond acceptors (Lipinski definition) is 4. The molecule has 2 aliphatic rings. The Hall–Kier alpha value is -0.160. The highest BCUT2D eigenvalue weighted by atomic mass is 16.5. The number of likely N-dealkylation sites (N-methyl/N-ethyl adjacent to an activating group) is 1. The van der Waals surface area contributed by atoms with Gasteiger partial charge in [0.2, 0.25) is 0 Å². The first-order valence-corrected chi connectivity index (χ1v) is 8.00. The van der Waals surface area contributed by atoms with E-state index in [4.69, 9.17) is 4.74 Å². The third-order valence-corrected chi connectivity index (χ3v) is 4.73. The van der Waals surface area contributed by atoms with Crippen molar-refractivity contribution >= 4 is 0 Å². The second-order valence-electron chi connectivity index (χ2n) is 6.08. The number of ether oxygens (including phenoxy) is 1. The molecule has 2 rings (SSSR count). The molecule has 0 aromatic carbocycles. The van der Waals surface area contributed by atoms with Crippen molar-refractivity contribution in [2.75, 3.05) is 59.5 Å². The monoisotopic (exact) mass is 269 g/mol. The number of hydrogen-bond donors (Lipinski definition) is 1. The van der Waals surface area contributed by atoms with Crippen molar-refractivity contribution in [1.82, 2.24) is 15.1 Å². The minimum Gasteiger partial charge on any atom is -0.381 e. The first kappa shape index (κ1) is 15.2. The van der Waals surface area contributed by atoms with Crippen LogP contribution in [0.2, 0.25) is 0 Å². The van der Waals surface area contributed by atoms with Crippen LogP contribution in [0, 0.1) is 5.92 Å². The van der Waals surface area contributed by atoms with Crippen LogP contribution in [0.25, 0.3) is 0 Å². The Labute approximate surface area is 118 Å². The van der Waals surface area contributed by atoms with Gasteiger partial charge in [-0.25, -0.2) is 0 Å². The molecule has 19 heavy (non-hydrogen) atoms. The van der Waals surface area contributed by atoms with Crippen molar-refractivity contribution in [2.24, 2.45) is 5.92 Å². The van der Waals surface area contributed by atoms with E-state index in [0.717, 1.165) is 38.3 Å². The molecule has 0 amide bonds. The molecule has 4 nitrogen and oxygen atoms in total. The third kappa shape index (κ3) is 5.03. The standard InChI is InChI=1S/C15H31N3O/c1-3-18-8-4-15(5-9-18)17(2)10-7-16-12-14-6-11-19-13-14/h14-16H,3-13H2,1-2H3. The Balaban J connectivity index is 1.53. The molecule has 4 heteroatoms. The molecule has 112 valence electrons. The summed E-state index contributed by atoms with van der Waals surface area (Å²) in [7, 11) is 2.28. The van der Waals surface area contributed by atoms with Crippen molar-refractivity contribution in [3.8, 4) is 0 Å². The van der Waals surface area contributed by atoms with Crippen LogP contribution in [0.3, 0.4) is 0 Å². The minimum absolute atomic E-state index is 0.748. The molecule has 0 bridgehead atoms. The second kappa shape index (κ2) is 8.20. The maximum Gasteiger partial charge on any atom is 0.0507 e. The van der Waals surface area contributed by atoms with Gasteiger partial charge in [0.1, 0.15) is 0 Å². The van der Waals surface area contributed by atoms with Crippen molar-refractivity contribution in [3.63, 3.8) is 0 Å². The normalized spacial score (nSPS) is 26.4. The van der Waals surface area contributed by atoms with Crippen molar-refractivity contribution in [2.45, 2.75) is 32.2 Å². The van der Waals surface area contributed by atoms with E-state index in [9.17, 15) is 0 Å². The van der Waals surface area contributed by atoms with Gasteiger partial charge < -0.3 is 19.9 Å². The highest BCUT2D eigenvalue weighted by Crippen LogP contribution is 2.14. The Bertz CT molecular complexity index is 236. The largest absolute Gasteiger partial charge is 0.381 e. The van der Waals surface area contributed by atoms with E-state index in [0.29, 0.717) is 0 Å². The first-order valence-electron chi connectivity index (χ1n) is 8.00. The lowest BCUT2D eigenvalue weighted by atomic mass is 10.0. The lowest BCUT2D eigenvalue weighted by Crippen LogP contribution is -2.45. The van der Waals surface area contributed by atoms with E-state index in [1.165, 1.54) is 45.4 Å². The molecule has 0 aliphatic carbocycles. The molecular formula is C15H31N3O. The first-order chi connectivity index (χ1) is 9.29. The van der Waals surface area contributed by atoms with E-state index in [2.05, 4.69) is 29.1 Å². The smallest absolute Gasteiger partial charge is 0.0507 e. The van der Waals surface area contributed by atoms with Crippen LogP contribution in [-0.4, -0.2) is 75.4 Å². The van der Waals surface area contributed by atoms with Gasteiger partial charge in [0.15, 0.2) is 0 Å². The van der Waals surface area contributed by atoms with Gasteiger partial charge in [0, 0.05) is 32.3 Å². The predicted molar refractivity (Wildman–Crippen MR) is 79.6 cm³/mol. The van der Waals surface area contributed by atoms with Crippen LogP contribution in [0.15, 0.2) is 0 Å². The van der Waals surface area contributed by atoms with Gasteiger partial charge in [-0.3, -0.25) is 0 Å². The average molecular weight is 269 g/mol. The van der Waals surface area contributed by atoms with E-state index in [1.807, 2.05) is 0 Å². The molecule has 0 aromatic heterocycles. The highest BCUT2D eigenvalue weighted by molar-refractivity contribution is 4.78. The molecule has 2 fully saturated rings. The van der Waals surface area contributed by atoms with Crippen LogP contribution in [0.5, 0.6) is 0 Å². The van der Waals surface area contributed by atoms with Crippen LogP contribution < -0.4 is 5.32 Å². The summed E-state index contributed by atoms with van der Waals surface area (Å²) in [6.45, 7) is 11.4. The summed E-state index contributed by atoms with van der Waals surface area (Å²) < 4.78 is 5.40. The molecule has 0 radical (unpaired) electrons. The van der Waals surface area contributed by atoms with Gasteiger partial charge in [-0.15, -0.1) is 0 Å². The van der Waals surface area contributed by atoms with Crippen molar-refractivity contribution in [1.29, 1.82) is 0 Å². The summed E-state index contributed by atoms with van der Waals surface area (Å²) in [6.07, 6.45) is 3.90. The predicted octanol–water partition coefficient (Wildman–Crippen LogP) is 1.03. The molecular weight excluding hydrogens is 238 g/mol. The van der Waals surface area contributed by atoms with Crippen molar-refractivity contribution < 1.29 is 4.74 Å². The zero-order chi connectivity index (χ0) is 13.5. The Kier molecular flexibility index (Phi) is 6.57. The molecule has 1 unspecified atom stereocenters. The zero-order valence-corrected chi connectivity index (χ0v) is 12.7. The van der Waals surface area contributed by atoms with E-state index >= 15 is 0 Å². The lowest BCUT2D eigenvalue weighted by molar-refractivity contribution is 0.131. The fourth-order valence-electron chi connectivity index (χ4n) is 3.16.